The maximum absolute atomic E-state index is 11.8. The molecule has 0 radical (unpaired) electrons. The molecule has 2 unspecified atom stereocenters. The lowest BCUT2D eigenvalue weighted by molar-refractivity contribution is -0.165. The number of aliphatic carboxylic acids is 2. The second-order valence-electron chi connectivity index (χ2n) is 5.45. The van der Waals surface area contributed by atoms with Gasteiger partial charge >= 0.3 is 11.9 Å². The lowest BCUT2D eigenvalue weighted by Crippen LogP contribution is -2.45. The van der Waals surface area contributed by atoms with Gasteiger partial charge in [-0.1, -0.05) is 18.2 Å². The number of nitrogens with one attached hydrogen (secondary N) is 2. The predicted octanol–water partition coefficient (Wildman–Crippen LogP) is -0.954. The third-order valence-electron chi connectivity index (χ3n) is 3.47. The molecule has 1 aliphatic heterocycles. The molecule has 1 aromatic rings. The second-order valence-corrected chi connectivity index (χ2v) is 5.45. The van der Waals surface area contributed by atoms with Crippen molar-refractivity contribution in [2.75, 3.05) is 13.1 Å². The first kappa shape index (κ1) is 20.6. The lowest BCUT2D eigenvalue weighted by atomic mass is 10.1. The molecule has 0 aromatic heterocycles. The van der Waals surface area contributed by atoms with Crippen LogP contribution >= 0.6 is 0 Å². The zero-order valence-corrected chi connectivity index (χ0v) is 13.5. The summed E-state index contributed by atoms with van der Waals surface area (Å²) in [7, 11) is 0. The van der Waals surface area contributed by atoms with E-state index < -0.39 is 24.1 Å². The predicted molar refractivity (Wildman–Crippen MR) is 87.1 cm³/mol. The summed E-state index contributed by atoms with van der Waals surface area (Å²) in [5.41, 5.74) is 0.739. The fourth-order valence-corrected chi connectivity index (χ4v) is 2.10. The summed E-state index contributed by atoms with van der Waals surface area (Å²) in [6, 6.07) is 9.64. The Morgan fingerprint density at radius 1 is 1.04 bits per heavy atom. The minimum Gasteiger partial charge on any atom is -0.479 e. The Bertz CT molecular complexity index is 555. The Balaban J connectivity index is 0.000000275. The number of piperidine rings is 1. The molecule has 0 bridgehead atoms. The number of aliphatic hydroxyl groups excluding tert-OH is 2. The number of rotatable bonds is 5. The summed E-state index contributed by atoms with van der Waals surface area (Å²) < 4.78 is 0. The summed E-state index contributed by atoms with van der Waals surface area (Å²) in [5.74, 6) is -3.51. The molecule has 25 heavy (non-hydrogen) atoms. The number of carboxylic acid groups (broad SMARTS) is 2. The van der Waals surface area contributed by atoms with E-state index in [2.05, 4.69) is 10.6 Å². The maximum Gasteiger partial charge on any atom is 0.335 e. The number of carbonyl (C=O) groups is 3. The molecule has 9 heteroatoms. The highest BCUT2D eigenvalue weighted by atomic mass is 16.4. The molecular weight excluding hydrogens is 332 g/mol. The number of amides is 1. The summed E-state index contributed by atoms with van der Waals surface area (Å²) in [6.45, 7) is 1.95. The van der Waals surface area contributed by atoms with Crippen molar-refractivity contribution < 1.29 is 34.8 Å². The molecule has 6 N–H and O–H groups in total. The maximum atomic E-state index is 11.8. The van der Waals surface area contributed by atoms with Gasteiger partial charge in [0, 0.05) is 18.2 Å². The van der Waals surface area contributed by atoms with Gasteiger partial charge < -0.3 is 31.1 Å². The molecule has 1 amide bonds. The smallest absolute Gasteiger partial charge is 0.335 e. The normalized spacial score (nSPS) is 18.9. The van der Waals surface area contributed by atoms with Crippen LogP contribution in [0.1, 0.15) is 23.2 Å². The third kappa shape index (κ3) is 7.29. The van der Waals surface area contributed by atoms with Crippen LogP contribution in [0.4, 0.5) is 0 Å². The van der Waals surface area contributed by atoms with E-state index in [1.54, 1.807) is 0 Å². The number of carboxylic acids is 2. The first-order valence-electron chi connectivity index (χ1n) is 7.71. The topological polar surface area (TPSA) is 156 Å². The minimum atomic E-state index is -2.27. The van der Waals surface area contributed by atoms with Crippen LogP contribution in [0.15, 0.2) is 30.3 Å². The van der Waals surface area contributed by atoms with Crippen molar-refractivity contribution in [2.45, 2.75) is 31.1 Å². The Labute approximate surface area is 144 Å². The second kappa shape index (κ2) is 10.4. The standard InChI is InChI=1S/C12H16N2O.C4H6O6/c15-12(10-5-2-1-3-6-10)14-11-7-4-8-13-9-11;5-1(3(7)8)2(6)4(9)10/h1-3,5-6,11,13H,4,7-9H2,(H,14,15);1-2,5-6H,(H,7,8)(H,9,10)/t11-;/m1./s1. The molecule has 2 rings (SSSR count). The molecule has 1 fully saturated rings. The molecule has 0 saturated carbocycles. The first-order chi connectivity index (χ1) is 11.8. The van der Waals surface area contributed by atoms with Gasteiger partial charge in [0.25, 0.3) is 5.91 Å². The van der Waals surface area contributed by atoms with E-state index in [0.717, 1.165) is 31.5 Å². The Kier molecular flexibility index (Phi) is 8.54. The van der Waals surface area contributed by atoms with E-state index in [-0.39, 0.29) is 11.9 Å². The number of hydrogen-bond donors (Lipinski definition) is 6. The monoisotopic (exact) mass is 354 g/mol. The van der Waals surface area contributed by atoms with E-state index in [1.165, 1.54) is 0 Å². The summed E-state index contributed by atoms with van der Waals surface area (Å²) in [5, 5.41) is 38.8. The molecule has 0 spiro atoms. The van der Waals surface area contributed by atoms with E-state index in [9.17, 15) is 14.4 Å². The Hall–Kier alpha value is -2.49. The van der Waals surface area contributed by atoms with Crippen LogP contribution in [-0.4, -0.2) is 69.6 Å². The van der Waals surface area contributed by atoms with Crippen molar-refractivity contribution in [1.29, 1.82) is 0 Å². The van der Waals surface area contributed by atoms with Gasteiger partial charge in [0.05, 0.1) is 0 Å². The highest BCUT2D eigenvalue weighted by molar-refractivity contribution is 5.94. The van der Waals surface area contributed by atoms with Crippen LogP contribution in [0.2, 0.25) is 0 Å². The molecule has 138 valence electrons. The quantitative estimate of drug-likeness (QED) is 0.395. The van der Waals surface area contributed by atoms with Gasteiger partial charge in [-0.15, -0.1) is 0 Å². The first-order valence-corrected chi connectivity index (χ1v) is 7.71. The van der Waals surface area contributed by atoms with Crippen molar-refractivity contribution in [2.24, 2.45) is 0 Å². The highest BCUT2D eigenvalue weighted by Gasteiger charge is 2.29. The SMILES string of the molecule is O=C(N[C@@H]1CCCNC1)c1ccccc1.O=C(O)C(O)C(O)C(=O)O. The molecule has 9 nitrogen and oxygen atoms in total. The van der Waals surface area contributed by atoms with Gasteiger partial charge in [0.15, 0.2) is 12.2 Å². The van der Waals surface area contributed by atoms with E-state index in [0.29, 0.717) is 0 Å². The molecule has 1 aromatic carbocycles. The molecular formula is C16H22N2O7. The minimum absolute atomic E-state index is 0.0318. The fraction of sp³-hybridized carbons (Fsp3) is 0.438. The van der Waals surface area contributed by atoms with E-state index in [1.807, 2.05) is 30.3 Å². The highest BCUT2D eigenvalue weighted by Crippen LogP contribution is 2.04. The van der Waals surface area contributed by atoms with Crippen LogP contribution in [0.3, 0.4) is 0 Å². The average Bonchev–Trinajstić information content (AvgIpc) is 2.62. The zero-order valence-electron chi connectivity index (χ0n) is 13.5. The van der Waals surface area contributed by atoms with Crippen molar-refractivity contribution in [3.8, 4) is 0 Å². The van der Waals surface area contributed by atoms with Crippen LogP contribution in [-0.2, 0) is 9.59 Å². The number of benzene rings is 1. The zero-order chi connectivity index (χ0) is 18.8. The lowest BCUT2D eigenvalue weighted by Gasteiger charge is -2.23. The van der Waals surface area contributed by atoms with Crippen LogP contribution in [0.5, 0.6) is 0 Å². The van der Waals surface area contributed by atoms with Crippen LogP contribution in [0.25, 0.3) is 0 Å². The van der Waals surface area contributed by atoms with E-state index >= 15 is 0 Å². The van der Waals surface area contributed by atoms with E-state index in [4.69, 9.17) is 20.4 Å². The van der Waals surface area contributed by atoms with Crippen molar-refractivity contribution in [3.63, 3.8) is 0 Å². The summed E-state index contributed by atoms with van der Waals surface area (Å²) in [6.07, 6.45) is -2.32. The fourth-order valence-electron chi connectivity index (χ4n) is 2.10. The Morgan fingerprint density at radius 2 is 1.60 bits per heavy atom. The van der Waals surface area contributed by atoms with Gasteiger partial charge in [-0.3, -0.25) is 4.79 Å². The Morgan fingerprint density at radius 3 is 2.04 bits per heavy atom. The molecule has 1 heterocycles. The molecule has 3 atom stereocenters. The number of hydrogen-bond acceptors (Lipinski definition) is 6. The number of carbonyl (C=O) groups excluding carboxylic acids is 1. The van der Waals surface area contributed by atoms with Crippen molar-refractivity contribution in [1.82, 2.24) is 10.6 Å². The molecule has 1 saturated heterocycles. The third-order valence-corrected chi connectivity index (χ3v) is 3.47. The largest absolute Gasteiger partial charge is 0.479 e. The summed E-state index contributed by atoms with van der Waals surface area (Å²) >= 11 is 0. The number of aliphatic hydroxyl groups is 2. The van der Waals surface area contributed by atoms with Crippen molar-refractivity contribution >= 4 is 17.8 Å². The van der Waals surface area contributed by atoms with Gasteiger partial charge in [-0.2, -0.15) is 0 Å². The summed E-state index contributed by atoms with van der Waals surface area (Å²) in [4.78, 5) is 31.3. The van der Waals surface area contributed by atoms with Crippen LogP contribution < -0.4 is 10.6 Å². The van der Waals surface area contributed by atoms with Crippen LogP contribution in [0, 0.1) is 0 Å². The molecule has 1 aliphatic rings. The van der Waals surface area contributed by atoms with Gasteiger partial charge in [0.1, 0.15) is 0 Å². The average molecular weight is 354 g/mol. The van der Waals surface area contributed by atoms with Crippen molar-refractivity contribution in [3.05, 3.63) is 35.9 Å². The van der Waals surface area contributed by atoms with Gasteiger partial charge in [-0.25, -0.2) is 9.59 Å². The molecule has 0 aliphatic carbocycles. The van der Waals surface area contributed by atoms with Gasteiger partial charge in [0.2, 0.25) is 0 Å². The van der Waals surface area contributed by atoms with Gasteiger partial charge in [-0.05, 0) is 31.5 Å².